The topological polar surface area (TPSA) is 97.5 Å². The number of hydrogen-bond acceptors (Lipinski definition) is 6. The van der Waals surface area contributed by atoms with Crippen LogP contribution >= 0.6 is 0 Å². The molecule has 0 aliphatic rings. The Morgan fingerprint density at radius 1 is 0.739 bits per heavy atom. The van der Waals surface area contributed by atoms with Crippen molar-refractivity contribution in [3.63, 3.8) is 0 Å². The summed E-state index contributed by atoms with van der Waals surface area (Å²) in [4.78, 5) is 1.30. The molecule has 0 radical (unpaired) electrons. The van der Waals surface area contributed by atoms with Crippen molar-refractivity contribution in [1.29, 1.82) is 0 Å². The summed E-state index contributed by atoms with van der Waals surface area (Å²) in [6, 6.07) is 14.4. The van der Waals surface area contributed by atoms with E-state index in [1.54, 1.807) is 24.3 Å². The Morgan fingerprint density at radius 2 is 1.13 bits per heavy atom. The molecule has 6 nitrogen and oxygen atoms in total. The molecule has 0 atom stereocenters. The minimum atomic E-state index is -2.70. The summed E-state index contributed by atoms with van der Waals surface area (Å²) in [6.07, 6.45) is 0. The molecule has 23 heavy (non-hydrogen) atoms. The van der Waals surface area contributed by atoms with E-state index in [1.807, 2.05) is 24.3 Å². The second kappa shape index (κ2) is 8.99. The van der Waals surface area contributed by atoms with Gasteiger partial charge in [0.2, 0.25) is 0 Å². The molecule has 0 aromatic heterocycles. The third-order valence-corrected chi connectivity index (χ3v) is 4.19. The van der Waals surface area contributed by atoms with E-state index in [0.717, 1.165) is 11.1 Å². The van der Waals surface area contributed by atoms with Gasteiger partial charge in [0.25, 0.3) is 0 Å². The van der Waals surface area contributed by atoms with Crippen LogP contribution in [-0.4, -0.2) is 47.4 Å². The average Bonchev–Trinajstić information content (AvgIpc) is 2.47. The maximum atomic E-state index is 10.9. The van der Waals surface area contributed by atoms with Crippen molar-refractivity contribution < 1.29 is 16.8 Å². The molecule has 0 spiro atoms. The third-order valence-electron chi connectivity index (χ3n) is 3.05. The second-order valence-electron chi connectivity index (χ2n) is 4.66. The second-order valence-corrected chi connectivity index (χ2v) is 6.55. The molecular weight excluding hydrogens is 331 g/mol. The van der Waals surface area contributed by atoms with Crippen LogP contribution in [0.2, 0.25) is 0 Å². The predicted molar refractivity (Wildman–Crippen MR) is 96.3 cm³/mol. The fraction of sp³-hybridized carbons (Fsp3) is 0.143. The van der Waals surface area contributed by atoms with Crippen molar-refractivity contribution in [2.75, 3.05) is 22.4 Å². The van der Waals surface area contributed by atoms with Gasteiger partial charge in [-0.1, -0.05) is 24.3 Å². The fourth-order valence-electron chi connectivity index (χ4n) is 2.03. The minimum absolute atomic E-state index is 0. The van der Waals surface area contributed by atoms with Crippen molar-refractivity contribution in [1.82, 2.24) is 0 Å². The summed E-state index contributed by atoms with van der Waals surface area (Å²) in [6.45, 7) is 0. The zero-order chi connectivity index (χ0) is 16.1. The summed E-state index contributed by atoms with van der Waals surface area (Å²) in [5, 5.41) is 0. The van der Waals surface area contributed by atoms with Crippen LogP contribution in [0.15, 0.2) is 48.5 Å². The number of nitrogens with zero attached hydrogens (tertiary/aromatic N) is 1. The Kier molecular flexibility index (Phi) is 7.65. The van der Waals surface area contributed by atoms with E-state index in [1.165, 1.54) is 4.90 Å². The van der Waals surface area contributed by atoms with E-state index in [9.17, 15) is 16.8 Å². The summed E-state index contributed by atoms with van der Waals surface area (Å²) in [5.41, 5.74) is 8.75. The Hall–Kier alpha value is -1.46. The number of hydrogen-bond donors (Lipinski definition) is 3. The first-order valence-electron chi connectivity index (χ1n) is 6.40. The van der Waals surface area contributed by atoms with E-state index < -0.39 is 21.4 Å². The van der Waals surface area contributed by atoms with Gasteiger partial charge in [-0.3, -0.25) is 0 Å². The molecule has 2 aromatic carbocycles. The molecule has 0 bridgehead atoms. The fourth-order valence-corrected chi connectivity index (χ4v) is 3.27. The Morgan fingerprint density at radius 3 is 1.52 bits per heavy atom. The van der Waals surface area contributed by atoms with Crippen LogP contribution in [0.1, 0.15) is 0 Å². The SMILES string of the molecule is Nc1ccc(-c2ccc(N(C[SH](=O)=O)C[SH](=O)=O)cc2)cc1.[LiH]. The van der Waals surface area contributed by atoms with Crippen LogP contribution in [0.4, 0.5) is 11.4 Å². The first-order chi connectivity index (χ1) is 10.5. The molecule has 0 aliphatic carbocycles. The van der Waals surface area contributed by atoms with Crippen LogP contribution in [0, 0.1) is 0 Å². The molecule has 2 N–H and O–H groups in total. The molecule has 0 aliphatic heterocycles. The number of nitrogens with two attached hydrogens (primary N) is 1. The van der Waals surface area contributed by atoms with Gasteiger partial charge >= 0.3 is 18.9 Å². The van der Waals surface area contributed by atoms with Gasteiger partial charge in [-0.25, -0.2) is 16.8 Å². The number of anilines is 2. The summed E-state index contributed by atoms with van der Waals surface area (Å²) >= 11 is 0. The van der Waals surface area contributed by atoms with E-state index in [4.69, 9.17) is 5.73 Å². The van der Waals surface area contributed by atoms with Crippen molar-refractivity contribution in [2.45, 2.75) is 0 Å². The monoisotopic (exact) mass is 348 g/mol. The molecule has 0 heterocycles. The molecule has 120 valence electrons. The van der Waals surface area contributed by atoms with Crippen LogP contribution in [0.25, 0.3) is 11.1 Å². The number of benzene rings is 2. The molecular formula is C14H17LiN2O4S2. The molecule has 2 rings (SSSR count). The molecule has 0 fully saturated rings. The van der Waals surface area contributed by atoms with Gasteiger partial charge < -0.3 is 10.6 Å². The Bertz CT molecular complexity index is 747. The van der Waals surface area contributed by atoms with Crippen LogP contribution in [-0.2, 0) is 21.4 Å². The zero-order valence-electron chi connectivity index (χ0n) is 11.6. The van der Waals surface area contributed by atoms with E-state index in [0.29, 0.717) is 11.4 Å². The Labute approximate surface area is 150 Å². The quantitative estimate of drug-likeness (QED) is 0.393. The molecule has 0 saturated heterocycles. The van der Waals surface area contributed by atoms with E-state index in [2.05, 4.69) is 0 Å². The van der Waals surface area contributed by atoms with E-state index >= 15 is 0 Å². The van der Waals surface area contributed by atoms with Gasteiger partial charge in [0.1, 0.15) is 11.8 Å². The number of thiol groups is 2. The Balaban J connectivity index is 0.00000264. The average molecular weight is 348 g/mol. The zero-order valence-corrected chi connectivity index (χ0v) is 13.4. The van der Waals surface area contributed by atoms with Crippen LogP contribution < -0.4 is 10.6 Å². The number of rotatable bonds is 6. The molecule has 9 heteroatoms. The molecule has 2 aromatic rings. The normalized spacial score (nSPS) is 10.5. The van der Waals surface area contributed by atoms with E-state index in [-0.39, 0.29) is 30.6 Å². The van der Waals surface area contributed by atoms with Crippen molar-refractivity contribution in [3.05, 3.63) is 48.5 Å². The standard InChI is InChI=1S/C14H16N2O4S2.Li.H/c15-13-5-1-11(2-6-13)12-3-7-14(8-4-12)16(9-21(17)18)10-22(19)20;;/h1-8,21-22H,9-10,15H2;;. The van der Waals surface area contributed by atoms with Crippen LogP contribution in [0.3, 0.4) is 0 Å². The van der Waals surface area contributed by atoms with Gasteiger partial charge in [-0.15, -0.1) is 0 Å². The maximum absolute atomic E-state index is 10.9. The van der Waals surface area contributed by atoms with Crippen molar-refractivity contribution >= 4 is 51.6 Å². The van der Waals surface area contributed by atoms with Gasteiger partial charge in [-0.2, -0.15) is 0 Å². The third kappa shape index (κ3) is 5.92. The molecule has 0 amide bonds. The van der Waals surface area contributed by atoms with Gasteiger partial charge in [0, 0.05) is 11.4 Å². The van der Waals surface area contributed by atoms with Crippen molar-refractivity contribution in [3.8, 4) is 11.1 Å². The summed E-state index contributed by atoms with van der Waals surface area (Å²) in [5.74, 6) is -0.667. The van der Waals surface area contributed by atoms with Gasteiger partial charge in [0.15, 0.2) is 21.4 Å². The predicted octanol–water partition coefficient (Wildman–Crippen LogP) is 0.232. The number of nitrogen functional groups attached to an aromatic ring is 1. The summed E-state index contributed by atoms with van der Waals surface area (Å²) in [7, 11) is -5.41. The first kappa shape index (κ1) is 19.6. The summed E-state index contributed by atoms with van der Waals surface area (Å²) < 4.78 is 43.5. The van der Waals surface area contributed by atoms with Crippen LogP contribution in [0.5, 0.6) is 0 Å². The molecule has 0 saturated carbocycles. The first-order valence-corrected chi connectivity index (χ1v) is 9.13. The van der Waals surface area contributed by atoms with Gasteiger partial charge in [-0.05, 0) is 35.4 Å². The van der Waals surface area contributed by atoms with Crippen molar-refractivity contribution in [2.24, 2.45) is 0 Å². The van der Waals surface area contributed by atoms with Gasteiger partial charge in [0.05, 0.1) is 0 Å². The molecule has 0 unspecified atom stereocenters.